The van der Waals surface area contributed by atoms with Crippen LogP contribution in [-0.2, 0) is 0 Å². The number of nitrogens with two attached hydrogens (primary N) is 1. The first kappa shape index (κ1) is 13.7. The molecule has 3 N–H and O–H groups in total. The Balaban J connectivity index is 2.19. The summed E-state index contributed by atoms with van der Waals surface area (Å²) in [6.45, 7) is 2.26. The molecular weight excluding hydrogens is 240 g/mol. The number of hydrogen-bond donors (Lipinski definition) is 2. The molecular formula is C15H22N2O2. The number of amidine groups is 1. The largest absolute Gasteiger partial charge is 0.497 e. The summed E-state index contributed by atoms with van der Waals surface area (Å²) in [6.07, 6.45) is 4.82. The van der Waals surface area contributed by atoms with E-state index >= 15 is 0 Å². The van der Waals surface area contributed by atoms with Crippen molar-refractivity contribution in [2.45, 2.75) is 38.7 Å². The van der Waals surface area contributed by atoms with Gasteiger partial charge in [-0.05, 0) is 37.3 Å². The summed E-state index contributed by atoms with van der Waals surface area (Å²) in [5, 5.41) is 7.62. The van der Waals surface area contributed by atoms with E-state index in [1.807, 2.05) is 6.07 Å². The molecule has 0 aliphatic heterocycles. The lowest BCUT2D eigenvalue weighted by Crippen LogP contribution is -2.25. The highest BCUT2D eigenvalue weighted by Gasteiger charge is 2.21. The van der Waals surface area contributed by atoms with Gasteiger partial charge in [-0.15, -0.1) is 0 Å². The molecule has 0 aromatic heterocycles. The topological polar surface area (TPSA) is 68.3 Å². The zero-order chi connectivity index (χ0) is 13.8. The standard InChI is InChI=1S/C15H22N2O2/c1-10-4-3-5-12(8-10)19-14-9-11(18-2)6-7-13(14)15(16)17/h6-7,9-10,12H,3-5,8H2,1-2H3,(H3,16,17). The molecule has 1 aliphatic carbocycles. The Morgan fingerprint density at radius 2 is 2.16 bits per heavy atom. The molecule has 0 spiro atoms. The van der Waals surface area contributed by atoms with E-state index in [2.05, 4.69) is 6.92 Å². The second-order valence-electron chi connectivity index (χ2n) is 5.29. The fourth-order valence-electron chi connectivity index (χ4n) is 2.61. The summed E-state index contributed by atoms with van der Waals surface area (Å²) < 4.78 is 11.3. The van der Waals surface area contributed by atoms with Gasteiger partial charge in [0.1, 0.15) is 17.3 Å². The minimum atomic E-state index is 0.0292. The predicted octanol–water partition coefficient (Wildman–Crippen LogP) is 2.94. The van der Waals surface area contributed by atoms with Gasteiger partial charge in [-0.3, -0.25) is 5.41 Å². The maximum absolute atomic E-state index is 7.62. The third kappa shape index (κ3) is 3.40. The molecule has 19 heavy (non-hydrogen) atoms. The highest BCUT2D eigenvalue weighted by Crippen LogP contribution is 2.31. The molecule has 104 valence electrons. The first-order valence-electron chi connectivity index (χ1n) is 6.79. The number of nitrogen functional groups attached to an aromatic ring is 1. The Bertz CT molecular complexity index is 459. The molecule has 0 heterocycles. The summed E-state index contributed by atoms with van der Waals surface area (Å²) in [5.74, 6) is 2.11. The molecule has 1 fully saturated rings. The summed E-state index contributed by atoms with van der Waals surface area (Å²) >= 11 is 0. The zero-order valence-electron chi connectivity index (χ0n) is 11.6. The second-order valence-corrected chi connectivity index (χ2v) is 5.29. The Kier molecular flexibility index (Phi) is 4.30. The van der Waals surface area contributed by atoms with Gasteiger partial charge in [-0.25, -0.2) is 0 Å². The first-order valence-corrected chi connectivity index (χ1v) is 6.79. The van der Waals surface area contributed by atoms with Crippen LogP contribution in [0.4, 0.5) is 0 Å². The molecule has 0 amide bonds. The van der Waals surface area contributed by atoms with Crippen molar-refractivity contribution >= 4 is 5.84 Å². The number of benzene rings is 1. The van der Waals surface area contributed by atoms with E-state index in [4.69, 9.17) is 20.6 Å². The van der Waals surface area contributed by atoms with Crippen LogP contribution in [0.15, 0.2) is 18.2 Å². The maximum Gasteiger partial charge on any atom is 0.134 e. The van der Waals surface area contributed by atoms with E-state index in [0.717, 1.165) is 18.6 Å². The maximum atomic E-state index is 7.62. The lowest BCUT2D eigenvalue weighted by atomic mass is 9.88. The van der Waals surface area contributed by atoms with Crippen LogP contribution in [0.3, 0.4) is 0 Å². The predicted molar refractivity (Wildman–Crippen MR) is 76.1 cm³/mol. The smallest absolute Gasteiger partial charge is 0.134 e. The van der Waals surface area contributed by atoms with E-state index in [1.54, 1.807) is 19.2 Å². The van der Waals surface area contributed by atoms with Gasteiger partial charge < -0.3 is 15.2 Å². The first-order chi connectivity index (χ1) is 9.10. The van der Waals surface area contributed by atoms with Crippen molar-refractivity contribution in [3.63, 3.8) is 0 Å². The van der Waals surface area contributed by atoms with E-state index < -0.39 is 0 Å². The van der Waals surface area contributed by atoms with Crippen LogP contribution in [0.2, 0.25) is 0 Å². The molecule has 0 bridgehead atoms. The van der Waals surface area contributed by atoms with E-state index in [1.165, 1.54) is 12.8 Å². The lowest BCUT2D eigenvalue weighted by Gasteiger charge is -2.28. The second kappa shape index (κ2) is 5.95. The molecule has 1 saturated carbocycles. The number of ether oxygens (including phenoxy) is 2. The minimum Gasteiger partial charge on any atom is -0.497 e. The molecule has 4 heteroatoms. The van der Waals surface area contributed by atoms with Gasteiger partial charge in [0.05, 0.1) is 18.8 Å². The van der Waals surface area contributed by atoms with Gasteiger partial charge >= 0.3 is 0 Å². The van der Waals surface area contributed by atoms with Crippen molar-refractivity contribution in [2.24, 2.45) is 11.7 Å². The fourth-order valence-corrected chi connectivity index (χ4v) is 2.61. The molecule has 4 nitrogen and oxygen atoms in total. The van der Waals surface area contributed by atoms with E-state index in [0.29, 0.717) is 17.2 Å². The summed E-state index contributed by atoms with van der Waals surface area (Å²) in [5.41, 5.74) is 6.24. The van der Waals surface area contributed by atoms with Gasteiger partial charge in [-0.2, -0.15) is 0 Å². The van der Waals surface area contributed by atoms with Crippen LogP contribution in [0.1, 0.15) is 38.2 Å². The van der Waals surface area contributed by atoms with E-state index in [-0.39, 0.29) is 11.9 Å². The quantitative estimate of drug-likeness (QED) is 0.647. The van der Waals surface area contributed by atoms with E-state index in [9.17, 15) is 0 Å². The lowest BCUT2D eigenvalue weighted by molar-refractivity contribution is 0.128. The number of hydrogen-bond acceptors (Lipinski definition) is 3. The monoisotopic (exact) mass is 262 g/mol. The third-order valence-electron chi connectivity index (χ3n) is 3.66. The van der Waals surface area contributed by atoms with Crippen LogP contribution in [0.25, 0.3) is 0 Å². The number of methoxy groups -OCH3 is 1. The van der Waals surface area contributed by atoms with Crippen molar-refractivity contribution in [3.8, 4) is 11.5 Å². The van der Waals surface area contributed by atoms with Gasteiger partial charge in [-0.1, -0.05) is 13.3 Å². The third-order valence-corrected chi connectivity index (χ3v) is 3.66. The van der Waals surface area contributed by atoms with Crippen LogP contribution >= 0.6 is 0 Å². The normalized spacial score (nSPS) is 22.8. The highest BCUT2D eigenvalue weighted by molar-refractivity contribution is 5.97. The Labute approximate surface area is 114 Å². The average Bonchev–Trinajstić information content (AvgIpc) is 2.38. The number of nitrogens with one attached hydrogen (secondary N) is 1. The highest BCUT2D eigenvalue weighted by atomic mass is 16.5. The number of rotatable bonds is 4. The summed E-state index contributed by atoms with van der Waals surface area (Å²) in [4.78, 5) is 0. The molecule has 2 atom stereocenters. The minimum absolute atomic E-state index is 0.0292. The summed E-state index contributed by atoms with van der Waals surface area (Å²) in [7, 11) is 1.62. The van der Waals surface area contributed by atoms with Crippen molar-refractivity contribution in [2.75, 3.05) is 7.11 Å². The van der Waals surface area contributed by atoms with Crippen LogP contribution in [0.5, 0.6) is 11.5 Å². The van der Waals surface area contributed by atoms with Crippen LogP contribution in [0, 0.1) is 11.3 Å². The van der Waals surface area contributed by atoms with Gasteiger partial charge in [0, 0.05) is 6.07 Å². The Hall–Kier alpha value is -1.71. The molecule has 0 saturated heterocycles. The molecule has 0 radical (unpaired) electrons. The summed E-state index contributed by atoms with van der Waals surface area (Å²) in [6, 6.07) is 5.39. The average molecular weight is 262 g/mol. The van der Waals surface area contributed by atoms with Crippen molar-refractivity contribution in [1.82, 2.24) is 0 Å². The van der Waals surface area contributed by atoms with Crippen molar-refractivity contribution in [3.05, 3.63) is 23.8 Å². The molecule has 1 aliphatic rings. The zero-order valence-corrected chi connectivity index (χ0v) is 11.6. The molecule has 1 aromatic rings. The van der Waals surface area contributed by atoms with Crippen molar-refractivity contribution in [1.29, 1.82) is 5.41 Å². The van der Waals surface area contributed by atoms with Crippen LogP contribution < -0.4 is 15.2 Å². The van der Waals surface area contributed by atoms with Crippen molar-refractivity contribution < 1.29 is 9.47 Å². The van der Waals surface area contributed by atoms with Crippen LogP contribution in [-0.4, -0.2) is 19.0 Å². The molecule has 2 unspecified atom stereocenters. The Morgan fingerprint density at radius 1 is 1.37 bits per heavy atom. The van der Waals surface area contributed by atoms with Gasteiger partial charge in [0.15, 0.2) is 0 Å². The Morgan fingerprint density at radius 3 is 2.79 bits per heavy atom. The SMILES string of the molecule is COc1ccc(C(=N)N)c(OC2CCCC(C)C2)c1. The molecule has 1 aromatic carbocycles. The van der Waals surface area contributed by atoms with Gasteiger partial charge in [0.25, 0.3) is 0 Å². The van der Waals surface area contributed by atoms with Gasteiger partial charge in [0.2, 0.25) is 0 Å². The molecule has 2 rings (SSSR count). The fraction of sp³-hybridized carbons (Fsp3) is 0.533.